The fourth-order valence-corrected chi connectivity index (χ4v) is 3.71. The molecular formula is C14H26N2S2. The van der Waals surface area contributed by atoms with Crippen LogP contribution in [0.2, 0.25) is 0 Å². The standard InChI is InChI=1S/C14H26N2S2/c1-6-8-15-9-11-13(14(3,4)5)16-12(18-11)10-17-7-2/h15H,6-10H2,1-5H3. The van der Waals surface area contributed by atoms with Crippen LogP contribution in [0.25, 0.3) is 0 Å². The van der Waals surface area contributed by atoms with Gasteiger partial charge in [-0.1, -0.05) is 34.6 Å². The maximum Gasteiger partial charge on any atom is 0.103 e. The Morgan fingerprint density at radius 1 is 1.28 bits per heavy atom. The minimum atomic E-state index is 0.148. The van der Waals surface area contributed by atoms with Crippen LogP contribution < -0.4 is 5.32 Å². The fraction of sp³-hybridized carbons (Fsp3) is 0.786. The van der Waals surface area contributed by atoms with E-state index in [1.807, 2.05) is 23.1 Å². The van der Waals surface area contributed by atoms with Crippen LogP contribution in [-0.4, -0.2) is 17.3 Å². The SMILES string of the molecule is CCCNCc1sc(CSCC)nc1C(C)(C)C. The minimum absolute atomic E-state index is 0.148. The molecule has 0 saturated carbocycles. The number of nitrogens with one attached hydrogen (secondary N) is 1. The van der Waals surface area contributed by atoms with Gasteiger partial charge in [-0.2, -0.15) is 11.8 Å². The zero-order chi connectivity index (χ0) is 13.6. The second-order valence-electron chi connectivity index (χ2n) is 5.44. The van der Waals surface area contributed by atoms with Crippen LogP contribution in [-0.2, 0) is 17.7 Å². The van der Waals surface area contributed by atoms with E-state index >= 15 is 0 Å². The maximum absolute atomic E-state index is 4.86. The first-order chi connectivity index (χ1) is 8.49. The molecule has 0 bridgehead atoms. The summed E-state index contributed by atoms with van der Waals surface area (Å²) in [6.07, 6.45) is 1.18. The van der Waals surface area contributed by atoms with Crippen molar-refractivity contribution >= 4 is 23.1 Å². The Balaban J connectivity index is 2.80. The monoisotopic (exact) mass is 286 g/mol. The second kappa shape index (κ2) is 7.51. The first-order valence-corrected chi connectivity index (χ1v) is 8.73. The van der Waals surface area contributed by atoms with Crippen molar-refractivity contribution in [3.8, 4) is 0 Å². The first-order valence-electron chi connectivity index (χ1n) is 6.76. The van der Waals surface area contributed by atoms with E-state index < -0.39 is 0 Å². The lowest BCUT2D eigenvalue weighted by molar-refractivity contribution is 0.558. The first kappa shape index (κ1) is 16.0. The van der Waals surface area contributed by atoms with Crippen LogP contribution in [0.15, 0.2) is 0 Å². The molecule has 0 aliphatic carbocycles. The molecule has 0 atom stereocenters. The summed E-state index contributed by atoms with van der Waals surface area (Å²) in [5, 5.41) is 4.77. The van der Waals surface area contributed by atoms with E-state index in [-0.39, 0.29) is 5.41 Å². The topological polar surface area (TPSA) is 24.9 Å². The van der Waals surface area contributed by atoms with Crippen molar-refractivity contribution < 1.29 is 0 Å². The molecular weight excluding hydrogens is 260 g/mol. The smallest absolute Gasteiger partial charge is 0.103 e. The molecule has 1 N–H and O–H groups in total. The van der Waals surface area contributed by atoms with Gasteiger partial charge < -0.3 is 5.32 Å². The van der Waals surface area contributed by atoms with Gasteiger partial charge in [0, 0.05) is 22.6 Å². The van der Waals surface area contributed by atoms with E-state index in [1.54, 1.807) is 0 Å². The molecule has 1 rings (SSSR count). The highest BCUT2D eigenvalue weighted by Crippen LogP contribution is 2.31. The van der Waals surface area contributed by atoms with E-state index in [9.17, 15) is 0 Å². The molecule has 0 aliphatic rings. The van der Waals surface area contributed by atoms with Gasteiger partial charge in [-0.25, -0.2) is 4.98 Å². The fourth-order valence-electron chi connectivity index (χ4n) is 1.74. The predicted octanol–water partition coefficient (Wildman–Crippen LogP) is 4.19. The summed E-state index contributed by atoms with van der Waals surface area (Å²) in [7, 11) is 0. The average molecular weight is 287 g/mol. The molecule has 1 aromatic heterocycles. The summed E-state index contributed by atoms with van der Waals surface area (Å²) >= 11 is 3.83. The van der Waals surface area contributed by atoms with Crippen LogP contribution in [0.3, 0.4) is 0 Å². The Labute approximate surface area is 120 Å². The average Bonchev–Trinajstić information content (AvgIpc) is 2.70. The lowest BCUT2D eigenvalue weighted by Gasteiger charge is -2.17. The predicted molar refractivity (Wildman–Crippen MR) is 84.6 cm³/mol. The lowest BCUT2D eigenvalue weighted by atomic mass is 9.91. The molecule has 0 saturated heterocycles. The number of hydrogen-bond donors (Lipinski definition) is 1. The van der Waals surface area contributed by atoms with Crippen LogP contribution in [0, 0.1) is 0 Å². The Bertz CT molecular complexity index is 353. The molecule has 0 aliphatic heterocycles. The molecule has 0 unspecified atom stereocenters. The van der Waals surface area contributed by atoms with Crippen LogP contribution in [0.5, 0.6) is 0 Å². The zero-order valence-electron chi connectivity index (χ0n) is 12.3. The largest absolute Gasteiger partial charge is 0.312 e. The van der Waals surface area contributed by atoms with Crippen molar-refractivity contribution in [2.75, 3.05) is 12.3 Å². The molecule has 18 heavy (non-hydrogen) atoms. The van der Waals surface area contributed by atoms with E-state index in [1.165, 1.54) is 22.0 Å². The third-order valence-corrected chi connectivity index (χ3v) is 4.72. The Hall–Kier alpha value is -0.0600. The quantitative estimate of drug-likeness (QED) is 0.761. The van der Waals surface area contributed by atoms with E-state index in [0.29, 0.717) is 0 Å². The summed E-state index contributed by atoms with van der Waals surface area (Å²) < 4.78 is 0. The third kappa shape index (κ3) is 4.90. The van der Waals surface area contributed by atoms with Gasteiger partial charge >= 0.3 is 0 Å². The molecule has 0 spiro atoms. The summed E-state index contributed by atoms with van der Waals surface area (Å²) in [6.45, 7) is 13.2. The van der Waals surface area contributed by atoms with Crippen LogP contribution in [0.1, 0.15) is 56.6 Å². The number of thiazole rings is 1. The van der Waals surface area contributed by atoms with Crippen LogP contribution >= 0.6 is 23.1 Å². The third-order valence-electron chi connectivity index (χ3n) is 2.59. The summed E-state index contributed by atoms with van der Waals surface area (Å²) in [6, 6.07) is 0. The normalized spacial score (nSPS) is 12.1. The van der Waals surface area contributed by atoms with Gasteiger partial charge in [0.1, 0.15) is 5.01 Å². The van der Waals surface area contributed by atoms with Gasteiger partial charge in [0.05, 0.1) is 5.69 Å². The van der Waals surface area contributed by atoms with Crippen molar-refractivity contribution in [1.82, 2.24) is 10.3 Å². The van der Waals surface area contributed by atoms with Gasteiger partial charge in [0.2, 0.25) is 0 Å². The van der Waals surface area contributed by atoms with Crippen molar-refractivity contribution in [1.29, 1.82) is 0 Å². The highest BCUT2D eigenvalue weighted by molar-refractivity contribution is 7.98. The highest BCUT2D eigenvalue weighted by Gasteiger charge is 2.22. The van der Waals surface area contributed by atoms with E-state index in [0.717, 1.165) is 24.6 Å². The number of hydrogen-bond acceptors (Lipinski definition) is 4. The molecule has 0 radical (unpaired) electrons. The molecule has 1 aromatic rings. The summed E-state index contributed by atoms with van der Waals surface area (Å²) in [5.74, 6) is 2.21. The van der Waals surface area contributed by atoms with Crippen LogP contribution in [0.4, 0.5) is 0 Å². The molecule has 0 fully saturated rings. The molecule has 1 heterocycles. The van der Waals surface area contributed by atoms with Crippen molar-refractivity contribution in [2.45, 2.75) is 58.8 Å². The summed E-state index contributed by atoms with van der Waals surface area (Å²) in [4.78, 5) is 6.27. The molecule has 0 aromatic carbocycles. The molecule has 0 amide bonds. The second-order valence-corrected chi connectivity index (χ2v) is 7.89. The number of nitrogens with zero attached hydrogens (tertiary/aromatic N) is 1. The minimum Gasteiger partial charge on any atom is -0.312 e. The number of thioether (sulfide) groups is 1. The van der Waals surface area contributed by atoms with Gasteiger partial charge in [0.15, 0.2) is 0 Å². The zero-order valence-corrected chi connectivity index (χ0v) is 13.9. The molecule has 4 heteroatoms. The number of rotatable bonds is 7. The van der Waals surface area contributed by atoms with Gasteiger partial charge in [-0.15, -0.1) is 11.3 Å². The van der Waals surface area contributed by atoms with Gasteiger partial charge in [-0.3, -0.25) is 0 Å². The van der Waals surface area contributed by atoms with Crippen molar-refractivity contribution in [2.24, 2.45) is 0 Å². The van der Waals surface area contributed by atoms with Crippen molar-refractivity contribution in [3.63, 3.8) is 0 Å². The van der Waals surface area contributed by atoms with Crippen molar-refractivity contribution in [3.05, 3.63) is 15.6 Å². The molecule has 104 valence electrons. The van der Waals surface area contributed by atoms with E-state index in [2.05, 4.69) is 39.9 Å². The lowest BCUT2D eigenvalue weighted by Crippen LogP contribution is -2.19. The van der Waals surface area contributed by atoms with Gasteiger partial charge in [-0.05, 0) is 18.7 Å². The highest BCUT2D eigenvalue weighted by atomic mass is 32.2. The van der Waals surface area contributed by atoms with E-state index in [4.69, 9.17) is 4.98 Å². The Morgan fingerprint density at radius 3 is 2.56 bits per heavy atom. The summed E-state index contributed by atoms with van der Waals surface area (Å²) in [5.41, 5.74) is 1.43. The number of aromatic nitrogens is 1. The Morgan fingerprint density at radius 2 is 2.00 bits per heavy atom. The Kier molecular flexibility index (Phi) is 6.67. The maximum atomic E-state index is 4.86. The van der Waals surface area contributed by atoms with Gasteiger partial charge in [0.25, 0.3) is 0 Å². The molecule has 2 nitrogen and oxygen atoms in total.